The van der Waals surface area contributed by atoms with Gasteiger partial charge in [0, 0.05) is 30.3 Å². The number of halogens is 1. The predicted octanol–water partition coefficient (Wildman–Crippen LogP) is 2.50. The third-order valence-corrected chi connectivity index (χ3v) is 2.98. The van der Waals surface area contributed by atoms with Crippen LogP contribution in [0.25, 0.3) is 0 Å². The van der Waals surface area contributed by atoms with E-state index in [1.807, 2.05) is 25.4 Å². The van der Waals surface area contributed by atoms with E-state index in [2.05, 4.69) is 26.3 Å². The number of hydrogen-bond acceptors (Lipinski definition) is 3. The molecule has 1 heterocycles. The zero-order valence-corrected chi connectivity index (χ0v) is 10.4. The van der Waals surface area contributed by atoms with Crippen molar-refractivity contribution in [1.82, 2.24) is 9.78 Å². The molecule has 0 saturated heterocycles. The third kappa shape index (κ3) is 2.55. The molecule has 0 radical (unpaired) electrons. The molecular formula is C11H12BrN3O. The van der Waals surface area contributed by atoms with Gasteiger partial charge in [-0.3, -0.25) is 4.68 Å². The Balaban J connectivity index is 2.07. The average Bonchev–Trinajstić information content (AvgIpc) is 2.66. The molecule has 16 heavy (non-hydrogen) atoms. The lowest BCUT2D eigenvalue weighted by Gasteiger charge is -2.06. The van der Waals surface area contributed by atoms with Gasteiger partial charge in [-0.2, -0.15) is 5.10 Å². The van der Waals surface area contributed by atoms with Crippen LogP contribution in [0.2, 0.25) is 0 Å². The molecule has 1 aromatic carbocycles. The van der Waals surface area contributed by atoms with Crippen molar-refractivity contribution in [3.05, 3.63) is 40.5 Å². The first-order valence-electron chi connectivity index (χ1n) is 4.86. The van der Waals surface area contributed by atoms with Gasteiger partial charge in [0.05, 0.1) is 0 Å². The molecule has 5 heteroatoms. The van der Waals surface area contributed by atoms with Gasteiger partial charge in [-0.15, -0.1) is 0 Å². The summed E-state index contributed by atoms with van der Waals surface area (Å²) >= 11 is 3.43. The molecular weight excluding hydrogens is 270 g/mol. The average molecular weight is 282 g/mol. The Bertz CT molecular complexity index is 496. The highest BCUT2D eigenvalue weighted by atomic mass is 79.9. The van der Waals surface area contributed by atoms with Gasteiger partial charge < -0.3 is 10.4 Å². The molecule has 2 rings (SSSR count). The van der Waals surface area contributed by atoms with Crippen molar-refractivity contribution in [1.29, 1.82) is 0 Å². The monoisotopic (exact) mass is 281 g/mol. The lowest BCUT2D eigenvalue weighted by molar-refractivity contribution is 0.474. The summed E-state index contributed by atoms with van der Waals surface area (Å²) in [5, 5.41) is 16.8. The van der Waals surface area contributed by atoms with Gasteiger partial charge in [0.25, 0.3) is 0 Å². The maximum absolute atomic E-state index is 9.37. The fourth-order valence-electron chi connectivity index (χ4n) is 1.39. The van der Waals surface area contributed by atoms with Crippen molar-refractivity contribution >= 4 is 21.7 Å². The van der Waals surface area contributed by atoms with Crippen molar-refractivity contribution in [3.63, 3.8) is 0 Å². The van der Waals surface area contributed by atoms with Gasteiger partial charge in [-0.1, -0.05) is 15.9 Å². The summed E-state index contributed by atoms with van der Waals surface area (Å²) in [5.41, 5.74) is 0.991. The van der Waals surface area contributed by atoms with Crippen molar-refractivity contribution in [2.45, 2.75) is 6.54 Å². The Hall–Kier alpha value is -1.49. The Labute approximate surface area is 102 Å². The first-order chi connectivity index (χ1) is 7.65. The van der Waals surface area contributed by atoms with E-state index in [9.17, 15) is 5.11 Å². The number of phenolic OH excluding ortho intramolecular Hbond substituents is 1. The van der Waals surface area contributed by atoms with Crippen molar-refractivity contribution in [3.8, 4) is 5.75 Å². The molecule has 0 amide bonds. The van der Waals surface area contributed by atoms with E-state index in [4.69, 9.17) is 0 Å². The van der Waals surface area contributed by atoms with Gasteiger partial charge in [-0.25, -0.2) is 0 Å². The fraction of sp³-hybridized carbons (Fsp3) is 0.182. The Morgan fingerprint density at radius 2 is 2.25 bits per heavy atom. The second-order valence-electron chi connectivity index (χ2n) is 3.50. The number of rotatable bonds is 3. The van der Waals surface area contributed by atoms with Gasteiger partial charge in [0.2, 0.25) is 0 Å². The van der Waals surface area contributed by atoms with E-state index >= 15 is 0 Å². The van der Waals surface area contributed by atoms with Crippen LogP contribution in [0.3, 0.4) is 0 Å². The molecule has 0 fully saturated rings. The maximum Gasteiger partial charge on any atom is 0.148 e. The lowest BCUT2D eigenvalue weighted by atomic mass is 10.2. The molecule has 0 aliphatic rings. The van der Waals surface area contributed by atoms with Crippen LogP contribution in [-0.2, 0) is 13.6 Å². The Morgan fingerprint density at radius 3 is 2.94 bits per heavy atom. The standard InChI is InChI=1S/C11H12BrN3O/c1-15-5-4-11(14-15)13-7-8-6-9(16)2-3-10(8)12/h2-6,16H,7H2,1H3,(H,13,14). The Morgan fingerprint density at radius 1 is 1.44 bits per heavy atom. The van der Waals surface area contributed by atoms with Crippen molar-refractivity contribution in [2.75, 3.05) is 5.32 Å². The Kier molecular flexibility index (Phi) is 3.14. The number of phenols is 1. The van der Waals surface area contributed by atoms with Crippen molar-refractivity contribution < 1.29 is 5.11 Å². The van der Waals surface area contributed by atoms with Gasteiger partial charge in [0.15, 0.2) is 0 Å². The second kappa shape index (κ2) is 4.57. The minimum atomic E-state index is 0.265. The number of nitrogens with zero attached hydrogens (tertiary/aromatic N) is 2. The zero-order chi connectivity index (χ0) is 11.5. The predicted molar refractivity (Wildman–Crippen MR) is 66.3 cm³/mol. The lowest BCUT2D eigenvalue weighted by Crippen LogP contribution is -2.01. The summed E-state index contributed by atoms with van der Waals surface area (Å²) in [5.74, 6) is 1.08. The SMILES string of the molecule is Cn1ccc(NCc2cc(O)ccc2Br)n1. The molecule has 0 atom stereocenters. The van der Waals surface area contributed by atoms with E-state index in [0.717, 1.165) is 15.9 Å². The molecule has 84 valence electrons. The number of anilines is 1. The molecule has 0 saturated carbocycles. The highest BCUT2D eigenvalue weighted by Crippen LogP contribution is 2.22. The summed E-state index contributed by atoms with van der Waals surface area (Å²) in [7, 11) is 1.87. The van der Waals surface area contributed by atoms with Crippen molar-refractivity contribution in [2.24, 2.45) is 7.05 Å². The summed E-state index contributed by atoms with van der Waals surface area (Å²) in [6.07, 6.45) is 1.87. The van der Waals surface area contributed by atoms with Gasteiger partial charge in [0.1, 0.15) is 11.6 Å². The van der Waals surface area contributed by atoms with Crippen LogP contribution >= 0.6 is 15.9 Å². The summed E-state index contributed by atoms with van der Waals surface area (Å²) in [6.45, 7) is 0.617. The molecule has 1 aromatic heterocycles. The summed E-state index contributed by atoms with van der Waals surface area (Å²) in [4.78, 5) is 0. The van der Waals surface area contributed by atoms with E-state index in [0.29, 0.717) is 6.54 Å². The molecule has 0 unspecified atom stereocenters. The smallest absolute Gasteiger partial charge is 0.148 e. The summed E-state index contributed by atoms with van der Waals surface area (Å²) < 4.78 is 2.70. The maximum atomic E-state index is 9.37. The number of hydrogen-bond donors (Lipinski definition) is 2. The first-order valence-corrected chi connectivity index (χ1v) is 5.65. The largest absolute Gasteiger partial charge is 0.508 e. The third-order valence-electron chi connectivity index (χ3n) is 2.20. The normalized spacial score (nSPS) is 10.4. The number of aromatic nitrogens is 2. The highest BCUT2D eigenvalue weighted by molar-refractivity contribution is 9.10. The highest BCUT2D eigenvalue weighted by Gasteiger charge is 2.02. The van der Waals surface area contributed by atoms with E-state index in [1.54, 1.807) is 16.8 Å². The molecule has 0 bridgehead atoms. The minimum Gasteiger partial charge on any atom is -0.508 e. The number of nitrogens with one attached hydrogen (secondary N) is 1. The molecule has 0 aliphatic heterocycles. The molecule has 0 spiro atoms. The van der Waals surface area contributed by atoms with Crippen LogP contribution in [-0.4, -0.2) is 14.9 Å². The summed E-state index contributed by atoms with van der Waals surface area (Å²) in [6, 6.07) is 7.09. The van der Waals surface area contributed by atoms with E-state index < -0.39 is 0 Å². The minimum absolute atomic E-state index is 0.265. The molecule has 2 aromatic rings. The van der Waals surface area contributed by atoms with Crippen LogP contribution in [0.5, 0.6) is 5.75 Å². The second-order valence-corrected chi connectivity index (χ2v) is 4.36. The number of benzene rings is 1. The van der Waals surface area contributed by atoms with Crippen LogP contribution in [0.4, 0.5) is 5.82 Å². The van der Waals surface area contributed by atoms with Crippen LogP contribution in [0.15, 0.2) is 34.9 Å². The molecule has 0 aliphatic carbocycles. The van der Waals surface area contributed by atoms with E-state index in [1.165, 1.54) is 0 Å². The number of aryl methyl sites for hydroxylation is 1. The van der Waals surface area contributed by atoms with E-state index in [-0.39, 0.29) is 5.75 Å². The quantitative estimate of drug-likeness (QED) is 0.909. The first kappa shape index (κ1) is 11.0. The van der Waals surface area contributed by atoms with Crippen LogP contribution < -0.4 is 5.32 Å². The van der Waals surface area contributed by atoms with Gasteiger partial charge in [-0.05, 0) is 23.8 Å². The zero-order valence-electron chi connectivity index (χ0n) is 8.81. The van der Waals surface area contributed by atoms with Crippen LogP contribution in [0.1, 0.15) is 5.56 Å². The number of aromatic hydroxyl groups is 1. The fourth-order valence-corrected chi connectivity index (χ4v) is 1.78. The van der Waals surface area contributed by atoms with Crippen LogP contribution in [0, 0.1) is 0 Å². The molecule has 2 N–H and O–H groups in total. The topological polar surface area (TPSA) is 50.1 Å². The van der Waals surface area contributed by atoms with Gasteiger partial charge >= 0.3 is 0 Å². The molecule has 4 nitrogen and oxygen atoms in total.